The van der Waals surface area contributed by atoms with Gasteiger partial charge in [-0.1, -0.05) is 23.7 Å². The van der Waals surface area contributed by atoms with Crippen LogP contribution in [0.1, 0.15) is 23.6 Å². The quantitative estimate of drug-likeness (QED) is 0.723. The highest BCUT2D eigenvalue weighted by Crippen LogP contribution is 2.35. The van der Waals surface area contributed by atoms with Crippen molar-refractivity contribution in [1.29, 1.82) is 0 Å². The van der Waals surface area contributed by atoms with Gasteiger partial charge in [0.1, 0.15) is 11.3 Å². The predicted molar refractivity (Wildman–Crippen MR) is 86.8 cm³/mol. The Hall–Kier alpha value is -1.77. The Labute approximate surface area is 128 Å². The molecule has 0 saturated heterocycles. The molecule has 0 saturated carbocycles. The molecule has 0 bridgehead atoms. The molecule has 1 aliphatic carbocycles. The van der Waals surface area contributed by atoms with Crippen molar-refractivity contribution in [3.05, 3.63) is 58.6 Å². The minimum absolute atomic E-state index is 0.489. The largest absolute Gasteiger partial charge is 0.456 e. The van der Waals surface area contributed by atoms with Gasteiger partial charge in [-0.15, -0.1) is 0 Å². The summed E-state index contributed by atoms with van der Waals surface area (Å²) in [6, 6.07) is 14.9. The van der Waals surface area contributed by atoms with Crippen LogP contribution in [-0.2, 0) is 6.42 Å². The standard InChI is InChI=1S/C18H16ClNO/c1-20-16-6-3-11-8-12(2-5-15(11)16)18-10-13-9-14(19)4-7-17(13)21-18/h2,4-5,7-10,16,20H,3,6H2,1H3. The van der Waals surface area contributed by atoms with Gasteiger partial charge in [0.15, 0.2) is 0 Å². The zero-order valence-corrected chi connectivity index (χ0v) is 12.6. The van der Waals surface area contributed by atoms with Gasteiger partial charge in [0.25, 0.3) is 0 Å². The van der Waals surface area contributed by atoms with E-state index in [0.29, 0.717) is 6.04 Å². The monoisotopic (exact) mass is 297 g/mol. The number of aryl methyl sites for hydroxylation is 1. The van der Waals surface area contributed by atoms with Gasteiger partial charge < -0.3 is 9.73 Å². The van der Waals surface area contributed by atoms with Gasteiger partial charge >= 0.3 is 0 Å². The zero-order chi connectivity index (χ0) is 14.4. The summed E-state index contributed by atoms with van der Waals surface area (Å²) in [4.78, 5) is 0. The van der Waals surface area contributed by atoms with E-state index in [4.69, 9.17) is 16.0 Å². The average Bonchev–Trinajstić information content (AvgIpc) is 3.09. The molecule has 2 aromatic carbocycles. The van der Waals surface area contributed by atoms with E-state index in [-0.39, 0.29) is 0 Å². The van der Waals surface area contributed by atoms with Crippen LogP contribution in [0, 0.1) is 0 Å². The topological polar surface area (TPSA) is 25.2 Å². The first kappa shape index (κ1) is 12.9. The number of hydrogen-bond acceptors (Lipinski definition) is 2. The fourth-order valence-corrected chi connectivity index (χ4v) is 3.41. The predicted octanol–water partition coefficient (Wildman–Crippen LogP) is 4.96. The van der Waals surface area contributed by atoms with Crippen molar-refractivity contribution in [2.75, 3.05) is 7.05 Å². The van der Waals surface area contributed by atoms with E-state index < -0.39 is 0 Å². The van der Waals surface area contributed by atoms with Crippen molar-refractivity contribution in [3.63, 3.8) is 0 Å². The number of fused-ring (bicyclic) bond motifs is 2. The van der Waals surface area contributed by atoms with Crippen LogP contribution >= 0.6 is 11.6 Å². The molecule has 0 fully saturated rings. The van der Waals surface area contributed by atoms with Crippen molar-refractivity contribution in [1.82, 2.24) is 5.32 Å². The maximum atomic E-state index is 6.03. The van der Waals surface area contributed by atoms with Crippen LogP contribution in [0.2, 0.25) is 5.02 Å². The Morgan fingerprint density at radius 1 is 1.14 bits per heavy atom. The summed E-state index contributed by atoms with van der Waals surface area (Å²) in [6.07, 6.45) is 2.30. The van der Waals surface area contributed by atoms with Crippen molar-refractivity contribution < 1.29 is 4.42 Å². The number of hydrogen-bond donors (Lipinski definition) is 1. The van der Waals surface area contributed by atoms with Crippen LogP contribution < -0.4 is 5.32 Å². The Kier molecular flexibility index (Phi) is 3.02. The van der Waals surface area contributed by atoms with E-state index in [0.717, 1.165) is 33.7 Å². The third-order valence-corrected chi connectivity index (χ3v) is 4.57. The second-order valence-corrected chi connectivity index (χ2v) is 6.02. The molecule has 106 valence electrons. The summed E-state index contributed by atoms with van der Waals surface area (Å²) in [7, 11) is 2.02. The normalized spacial score (nSPS) is 17.3. The van der Waals surface area contributed by atoms with E-state index in [9.17, 15) is 0 Å². The van der Waals surface area contributed by atoms with Gasteiger partial charge in [-0.25, -0.2) is 0 Å². The maximum Gasteiger partial charge on any atom is 0.135 e. The number of rotatable bonds is 2. The highest BCUT2D eigenvalue weighted by molar-refractivity contribution is 6.31. The third-order valence-electron chi connectivity index (χ3n) is 4.33. The lowest BCUT2D eigenvalue weighted by Gasteiger charge is -2.10. The van der Waals surface area contributed by atoms with E-state index in [1.165, 1.54) is 17.5 Å². The van der Waals surface area contributed by atoms with Crippen LogP contribution in [-0.4, -0.2) is 7.05 Å². The fourth-order valence-electron chi connectivity index (χ4n) is 3.23. The number of halogens is 1. The van der Waals surface area contributed by atoms with Crippen molar-refractivity contribution in [2.24, 2.45) is 0 Å². The number of nitrogens with one attached hydrogen (secondary N) is 1. The summed E-state index contributed by atoms with van der Waals surface area (Å²) in [5, 5.41) is 5.15. The molecule has 3 heteroatoms. The van der Waals surface area contributed by atoms with Crippen LogP contribution in [0.25, 0.3) is 22.3 Å². The Morgan fingerprint density at radius 2 is 2.05 bits per heavy atom. The SMILES string of the molecule is CNC1CCc2cc(-c3cc4cc(Cl)ccc4o3)ccc21. The highest BCUT2D eigenvalue weighted by Gasteiger charge is 2.21. The van der Waals surface area contributed by atoms with E-state index >= 15 is 0 Å². The highest BCUT2D eigenvalue weighted by atomic mass is 35.5. The van der Waals surface area contributed by atoms with Gasteiger partial charge in [0.2, 0.25) is 0 Å². The molecule has 1 aliphatic rings. The number of furan rings is 1. The average molecular weight is 298 g/mol. The molecule has 0 spiro atoms. The molecule has 0 amide bonds. The van der Waals surface area contributed by atoms with Gasteiger partial charge in [0, 0.05) is 22.0 Å². The summed E-state index contributed by atoms with van der Waals surface area (Å²) in [5.41, 5.74) is 4.85. The third kappa shape index (κ3) is 2.15. The molecule has 1 aromatic heterocycles. The molecular weight excluding hydrogens is 282 g/mol. The lowest BCUT2D eigenvalue weighted by Crippen LogP contribution is -2.12. The van der Waals surface area contributed by atoms with Crippen molar-refractivity contribution >= 4 is 22.6 Å². The zero-order valence-electron chi connectivity index (χ0n) is 11.8. The molecule has 0 aliphatic heterocycles. The lowest BCUT2D eigenvalue weighted by atomic mass is 10.0. The Bertz CT molecular complexity index is 821. The molecule has 21 heavy (non-hydrogen) atoms. The molecule has 1 atom stereocenters. The lowest BCUT2D eigenvalue weighted by molar-refractivity contribution is 0.590. The number of benzene rings is 2. The Balaban J connectivity index is 1.78. The van der Waals surface area contributed by atoms with Crippen LogP contribution in [0.5, 0.6) is 0 Å². The maximum absolute atomic E-state index is 6.03. The summed E-state index contributed by atoms with van der Waals surface area (Å²) >= 11 is 6.03. The molecule has 2 nitrogen and oxygen atoms in total. The van der Waals surface area contributed by atoms with Gasteiger partial charge in [-0.05, 0) is 61.3 Å². The molecule has 1 heterocycles. The van der Waals surface area contributed by atoms with E-state index in [1.54, 1.807) is 0 Å². The molecular formula is C18H16ClNO. The van der Waals surface area contributed by atoms with Crippen LogP contribution in [0.4, 0.5) is 0 Å². The first-order valence-electron chi connectivity index (χ1n) is 7.24. The Morgan fingerprint density at radius 3 is 2.90 bits per heavy atom. The summed E-state index contributed by atoms with van der Waals surface area (Å²) in [5.74, 6) is 0.906. The first-order valence-corrected chi connectivity index (χ1v) is 7.62. The summed E-state index contributed by atoms with van der Waals surface area (Å²) in [6.45, 7) is 0. The van der Waals surface area contributed by atoms with Crippen molar-refractivity contribution in [3.8, 4) is 11.3 Å². The van der Waals surface area contributed by atoms with E-state index in [2.05, 4.69) is 29.6 Å². The smallest absolute Gasteiger partial charge is 0.135 e. The van der Waals surface area contributed by atoms with Crippen LogP contribution in [0.15, 0.2) is 46.9 Å². The van der Waals surface area contributed by atoms with Crippen LogP contribution in [0.3, 0.4) is 0 Å². The van der Waals surface area contributed by atoms with Gasteiger partial charge in [-0.2, -0.15) is 0 Å². The van der Waals surface area contributed by atoms with E-state index in [1.807, 2.05) is 25.2 Å². The molecule has 0 radical (unpaired) electrons. The van der Waals surface area contributed by atoms with Gasteiger partial charge in [0.05, 0.1) is 0 Å². The first-order chi connectivity index (χ1) is 10.2. The molecule has 3 aromatic rings. The molecule has 1 N–H and O–H groups in total. The molecule has 1 unspecified atom stereocenters. The minimum Gasteiger partial charge on any atom is -0.456 e. The van der Waals surface area contributed by atoms with Crippen molar-refractivity contribution in [2.45, 2.75) is 18.9 Å². The summed E-state index contributed by atoms with van der Waals surface area (Å²) < 4.78 is 5.95. The molecule has 4 rings (SSSR count). The second-order valence-electron chi connectivity index (χ2n) is 5.59. The van der Waals surface area contributed by atoms with Gasteiger partial charge in [-0.3, -0.25) is 0 Å². The second kappa shape index (κ2) is 4.90. The minimum atomic E-state index is 0.489. The fraction of sp³-hybridized carbons (Fsp3) is 0.222.